The van der Waals surface area contributed by atoms with Crippen LogP contribution in [0.5, 0.6) is 5.75 Å². The Morgan fingerprint density at radius 3 is 2.48 bits per heavy atom. The summed E-state index contributed by atoms with van der Waals surface area (Å²) in [6, 6.07) is 10.4. The third-order valence-corrected chi connectivity index (χ3v) is 6.59. The number of aliphatic carboxylic acids is 1. The lowest BCUT2D eigenvalue weighted by Crippen LogP contribution is -2.54. The van der Waals surface area contributed by atoms with Crippen molar-refractivity contribution < 1.29 is 27.8 Å². The normalized spacial score (nSPS) is 17.6. The molecule has 0 bridgehead atoms. The highest BCUT2D eigenvalue weighted by Gasteiger charge is 2.47. The number of aromatic nitrogens is 1. The minimum absolute atomic E-state index is 0.0441. The second-order valence-electron chi connectivity index (χ2n) is 8.70. The highest BCUT2D eigenvalue weighted by atomic mass is 19.1. The van der Waals surface area contributed by atoms with Crippen molar-refractivity contribution in [3.05, 3.63) is 71.1 Å². The Hall–Kier alpha value is -3.26. The number of rotatable bonds is 6. The van der Waals surface area contributed by atoms with E-state index < -0.39 is 23.1 Å². The highest BCUT2D eigenvalue weighted by molar-refractivity contribution is 5.79. The first kappa shape index (κ1) is 21.6. The van der Waals surface area contributed by atoms with Gasteiger partial charge in [-0.05, 0) is 54.8 Å². The number of carboxylic acid groups (broad SMARTS) is 1. The smallest absolute Gasteiger partial charge is 0.324 e. The first-order valence-corrected chi connectivity index (χ1v) is 11.1. The van der Waals surface area contributed by atoms with Crippen LogP contribution in [-0.2, 0) is 24.4 Å². The van der Waals surface area contributed by atoms with Gasteiger partial charge in [0.15, 0.2) is 0 Å². The molecule has 172 valence electrons. The van der Waals surface area contributed by atoms with E-state index in [2.05, 4.69) is 4.98 Å². The fourth-order valence-corrected chi connectivity index (χ4v) is 4.87. The van der Waals surface area contributed by atoms with Gasteiger partial charge in [-0.2, -0.15) is 0 Å². The van der Waals surface area contributed by atoms with E-state index in [0.29, 0.717) is 49.6 Å². The highest BCUT2D eigenvalue weighted by Crippen LogP contribution is 2.39. The molecular formula is C25H24F2N2O4. The van der Waals surface area contributed by atoms with Crippen molar-refractivity contribution in [2.45, 2.75) is 50.8 Å². The summed E-state index contributed by atoms with van der Waals surface area (Å²) in [7, 11) is 0. The Bertz CT molecular complexity index is 1150. The molecular weight excluding hydrogens is 430 g/mol. The van der Waals surface area contributed by atoms with Crippen LogP contribution in [0.3, 0.4) is 0 Å². The zero-order valence-corrected chi connectivity index (χ0v) is 18.0. The Labute approximate surface area is 189 Å². The Morgan fingerprint density at radius 2 is 1.82 bits per heavy atom. The monoisotopic (exact) mass is 454 g/mol. The minimum atomic E-state index is -0.791. The number of hydrogen-bond donors (Lipinski definition) is 1. The summed E-state index contributed by atoms with van der Waals surface area (Å²) in [5.74, 6) is -0.195. The zero-order chi connectivity index (χ0) is 23.0. The quantitative estimate of drug-likeness (QED) is 0.568. The van der Waals surface area contributed by atoms with Crippen molar-refractivity contribution in [2.24, 2.45) is 0 Å². The number of carboxylic acids is 1. The maximum Gasteiger partial charge on any atom is 0.324 e. The Balaban J connectivity index is 1.28. The number of carbonyl (C=O) groups is 1. The van der Waals surface area contributed by atoms with Crippen LogP contribution in [0.4, 0.5) is 8.78 Å². The van der Waals surface area contributed by atoms with Crippen LogP contribution in [0.25, 0.3) is 11.5 Å². The molecule has 2 aromatic carbocycles. The van der Waals surface area contributed by atoms with E-state index in [1.165, 1.54) is 12.1 Å². The van der Waals surface area contributed by atoms with Crippen LogP contribution < -0.4 is 4.74 Å². The first-order valence-electron chi connectivity index (χ1n) is 11.1. The van der Waals surface area contributed by atoms with Crippen LogP contribution in [-0.4, -0.2) is 33.0 Å². The van der Waals surface area contributed by atoms with E-state index in [0.717, 1.165) is 35.9 Å². The van der Waals surface area contributed by atoms with Crippen molar-refractivity contribution in [3.63, 3.8) is 0 Å². The number of halogens is 2. The molecule has 2 heterocycles. The number of benzene rings is 2. The summed E-state index contributed by atoms with van der Waals surface area (Å²) in [5, 5.41) is 9.88. The number of nitrogens with zero attached hydrogens (tertiary/aromatic N) is 2. The molecule has 0 saturated heterocycles. The molecule has 1 aliphatic carbocycles. The van der Waals surface area contributed by atoms with Crippen molar-refractivity contribution in [2.75, 3.05) is 6.54 Å². The van der Waals surface area contributed by atoms with Crippen molar-refractivity contribution in [1.29, 1.82) is 0 Å². The third-order valence-electron chi connectivity index (χ3n) is 6.59. The van der Waals surface area contributed by atoms with Crippen molar-refractivity contribution in [3.8, 4) is 17.2 Å². The molecule has 5 rings (SSSR count). The molecule has 1 saturated carbocycles. The van der Waals surface area contributed by atoms with E-state index in [4.69, 9.17) is 9.15 Å². The average Bonchev–Trinajstić information content (AvgIpc) is 3.45. The summed E-state index contributed by atoms with van der Waals surface area (Å²) in [6.45, 7) is 1.15. The predicted octanol–water partition coefficient (Wildman–Crippen LogP) is 4.95. The molecule has 33 heavy (non-hydrogen) atoms. The summed E-state index contributed by atoms with van der Waals surface area (Å²) >= 11 is 0. The number of ether oxygens (including phenoxy) is 1. The standard InChI is InChI=1S/C25H24F2N2O4/c26-18-11-16(12-19(27)13-18)15-32-20-5-3-17(4-6-20)23-28-21-14-29(10-7-22(21)33-23)25(24(30)31)8-1-2-9-25/h3-6,11-13H,1-2,7-10,14-15H2,(H,30,31). The fourth-order valence-electron chi connectivity index (χ4n) is 4.87. The van der Waals surface area contributed by atoms with E-state index in [1.807, 2.05) is 17.0 Å². The average molecular weight is 454 g/mol. The van der Waals surface area contributed by atoms with Gasteiger partial charge in [0.25, 0.3) is 0 Å². The maximum atomic E-state index is 13.3. The van der Waals surface area contributed by atoms with Crippen LogP contribution in [0.1, 0.15) is 42.7 Å². The molecule has 1 aliphatic heterocycles. The zero-order valence-electron chi connectivity index (χ0n) is 18.0. The molecule has 0 atom stereocenters. The summed E-state index contributed by atoms with van der Waals surface area (Å²) in [5.41, 5.74) is 1.18. The van der Waals surface area contributed by atoms with E-state index in [1.54, 1.807) is 12.1 Å². The molecule has 1 N–H and O–H groups in total. The van der Waals surface area contributed by atoms with Gasteiger partial charge < -0.3 is 14.3 Å². The number of oxazole rings is 1. The number of hydrogen-bond acceptors (Lipinski definition) is 5. The Morgan fingerprint density at radius 1 is 1.12 bits per heavy atom. The van der Waals surface area contributed by atoms with Crippen LogP contribution in [0, 0.1) is 11.6 Å². The predicted molar refractivity (Wildman–Crippen MR) is 116 cm³/mol. The lowest BCUT2D eigenvalue weighted by Gasteiger charge is -2.39. The largest absolute Gasteiger partial charge is 0.489 e. The van der Waals surface area contributed by atoms with Gasteiger partial charge in [0.2, 0.25) is 5.89 Å². The van der Waals surface area contributed by atoms with Crippen LogP contribution >= 0.6 is 0 Å². The van der Waals surface area contributed by atoms with Crippen LogP contribution in [0.15, 0.2) is 46.9 Å². The van der Waals surface area contributed by atoms with E-state index >= 15 is 0 Å². The SMILES string of the molecule is O=C(O)C1(N2CCc3oc(-c4ccc(OCc5cc(F)cc(F)c5)cc4)nc3C2)CCCC1. The van der Waals surface area contributed by atoms with Crippen molar-refractivity contribution in [1.82, 2.24) is 9.88 Å². The topological polar surface area (TPSA) is 75.8 Å². The lowest BCUT2D eigenvalue weighted by atomic mass is 9.93. The van der Waals surface area contributed by atoms with E-state index in [9.17, 15) is 18.7 Å². The second-order valence-corrected chi connectivity index (χ2v) is 8.70. The first-order chi connectivity index (χ1) is 15.9. The van der Waals surface area contributed by atoms with E-state index in [-0.39, 0.29) is 6.61 Å². The molecule has 0 unspecified atom stereocenters. The number of fused-ring (bicyclic) bond motifs is 1. The fraction of sp³-hybridized carbons (Fsp3) is 0.360. The maximum absolute atomic E-state index is 13.3. The second kappa shape index (κ2) is 8.59. The summed E-state index contributed by atoms with van der Waals surface area (Å²) < 4.78 is 38.3. The van der Waals surface area contributed by atoms with Gasteiger partial charge in [-0.3, -0.25) is 9.69 Å². The molecule has 0 amide bonds. The molecule has 1 fully saturated rings. The molecule has 2 aliphatic rings. The van der Waals surface area contributed by atoms with Gasteiger partial charge in [0.05, 0.1) is 5.69 Å². The summed E-state index contributed by atoms with van der Waals surface area (Å²) in [6.07, 6.45) is 3.84. The summed E-state index contributed by atoms with van der Waals surface area (Å²) in [4.78, 5) is 18.7. The molecule has 0 radical (unpaired) electrons. The minimum Gasteiger partial charge on any atom is -0.489 e. The van der Waals surface area contributed by atoms with Gasteiger partial charge in [0.1, 0.15) is 35.3 Å². The van der Waals surface area contributed by atoms with Gasteiger partial charge in [-0.25, -0.2) is 13.8 Å². The van der Waals surface area contributed by atoms with Crippen molar-refractivity contribution >= 4 is 5.97 Å². The molecule has 1 aromatic heterocycles. The molecule has 3 aromatic rings. The Kier molecular flexibility index (Phi) is 5.62. The molecule has 0 spiro atoms. The van der Waals surface area contributed by atoms with Crippen LogP contribution in [0.2, 0.25) is 0 Å². The van der Waals surface area contributed by atoms with Gasteiger partial charge >= 0.3 is 5.97 Å². The van der Waals surface area contributed by atoms with Gasteiger partial charge in [0, 0.05) is 31.1 Å². The molecule has 8 heteroatoms. The van der Waals surface area contributed by atoms with Gasteiger partial charge in [-0.1, -0.05) is 12.8 Å². The third kappa shape index (κ3) is 4.23. The lowest BCUT2D eigenvalue weighted by molar-refractivity contribution is -0.152. The van der Waals surface area contributed by atoms with Gasteiger partial charge in [-0.15, -0.1) is 0 Å². The molecule has 6 nitrogen and oxygen atoms in total.